The van der Waals surface area contributed by atoms with Crippen LogP contribution in [0.25, 0.3) is 11.3 Å². The molecule has 0 amide bonds. The zero-order valence-electron chi connectivity index (χ0n) is 8.82. The van der Waals surface area contributed by atoms with Crippen LogP contribution in [0, 0.1) is 5.82 Å². The molecular weight excluding hydrogens is 207 g/mol. The highest BCUT2D eigenvalue weighted by molar-refractivity contribution is 5.56. The van der Waals surface area contributed by atoms with Crippen molar-refractivity contribution in [1.82, 2.24) is 4.98 Å². The first-order chi connectivity index (χ1) is 7.81. The molecule has 3 nitrogen and oxygen atoms in total. The van der Waals surface area contributed by atoms with Crippen LogP contribution in [0.15, 0.2) is 34.9 Å². The average molecular weight is 220 g/mol. The third-order valence-electron chi connectivity index (χ3n) is 2.29. The van der Waals surface area contributed by atoms with E-state index in [0.29, 0.717) is 30.2 Å². The fourth-order valence-electron chi connectivity index (χ4n) is 1.46. The summed E-state index contributed by atoms with van der Waals surface area (Å²) in [5.74, 6) is 0.762. The van der Waals surface area contributed by atoms with Gasteiger partial charge in [0, 0.05) is 6.42 Å². The molecule has 0 aliphatic rings. The predicted molar refractivity (Wildman–Crippen MR) is 59.3 cm³/mol. The van der Waals surface area contributed by atoms with Crippen molar-refractivity contribution in [3.63, 3.8) is 0 Å². The molecule has 4 heteroatoms. The minimum Gasteiger partial charge on any atom is -0.441 e. The molecule has 2 N–H and O–H groups in total. The van der Waals surface area contributed by atoms with Crippen LogP contribution in [0.1, 0.15) is 12.3 Å². The summed E-state index contributed by atoms with van der Waals surface area (Å²) in [5, 5.41) is 0. The molecule has 0 atom stereocenters. The van der Waals surface area contributed by atoms with Crippen LogP contribution in [-0.4, -0.2) is 11.5 Å². The second kappa shape index (κ2) is 4.90. The van der Waals surface area contributed by atoms with E-state index in [9.17, 15) is 4.39 Å². The molecule has 0 spiro atoms. The minimum absolute atomic E-state index is 0.302. The maximum absolute atomic E-state index is 13.4. The largest absolute Gasteiger partial charge is 0.441 e. The predicted octanol–water partition coefficient (Wildman–Crippen LogP) is 2.37. The van der Waals surface area contributed by atoms with Gasteiger partial charge in [0.15, 0.2) is 11.7 Å². The topological polar surface area (TPSA) is 52.0 Å². The number of hydrogen-bond acceptors (Lipinski definition) is 3. The Labute approximate surface area is 93.1 Å². The molecule has 1 heterocycles. The summed E-state index contributed by atoms with van der Waals surface area (Å²) < 4.78 is 18.9. The normalized spacial score (nSPS) is 10.6. The van der Waals surface area contributed by atoms with Gasteiger partial charge in [0.05, 0.1) is 11.8 Å². The van der Waals surface area contributed by atoms with E-state index in [1.165, 1.54) is 6.07 Å². The van der Waals surface area contributed by atoms with Crippen LogP contribution in [0.4, 0.5) is 4.39 Å². The molecule has 2 aromatic rings. The first kappa shape index (κ1) is 10.8. The number of benzene rings is 1. The third-order valence-corrected chi connectivity index (χ3v) is 2.29. The van der Waals surface area contributed by atoms with Gasteiger partial charge in [0.2, 0.25) is 0 Å². The Hall–Kier alpha value is -1.68. The Kier molecular flexibility index (Phi) is 3.31. The monoisotopic (exact) mass is 220 g/mol. The molecule has 0 saturated carbocycles. The number of nitrogens with two attached hydrogens (primary N) is 1. The van der Waals surface area contributed by atoms with Gasteiger partial charge >= 0.3 is 0 Å². The van der Waals surface area contributed by atoms with Gasteiger partial charge in [-0.25, -0.2) is 9.37 Å². The van der Waals surface area contributed by atoms with Crippen LogP contribution in [-0.2, 0) is 6.42 Å². The summed E-state index contributed by atoms with van der Waals surface area (Å²) in [7, 11) is 0. The number of nitrogens with zero attached hydrogens (tertiary/aromatic N) is 1. The van der Waals surface area contributed by atoms with E-state index in [4.69, 9.17) is 10.2 Å². The molecule has 0 aliphatic heterocycles. The van der Waals surface area contributed by atoms with Gasteiger partial charge in [-0.2, -0.15) is 0 Å². The summed E-state index contributed by atoms with van der Waals surface area (Å²) in [4.78, 5) is 4.08. The number of aryl methyl sites for hydroxylation is 1. The zero-order chi connectivity index (χ0) is 11.4. The standard InChI is InChI=1S/C12H13FN2O/c13-10-5-2-1-4-9(10)11-8-15-12(16-11)6-3-7-14/h1-2,4-5,8H,3,6-7,14H2. The van der Waals surface area contributed by atoms with Gasteiger partial charge in [-0.15, -0.1) is 0 Å². The third kappa shape index (κ3) is 2.28. The highest BCUT2D eigenvalue weighted by atomic mass is 19.1. The Balaban J connectivity index is 2.22. The van der Waals surface area contributed by atoms with Crippen LogP contribution in [0.2, 0.25) is 0 Å². The Morgan fingerprint density at radius 1 is 1.31 bits per heavy atom. The van der Waals surface area contributed by atoms with Crippen molar-refractivity contribution < 1.29 is 8.81 Å². The van der Waals surface area contributed by atoms with E-state index >= 15 is 0 Å². The Morgan fingerprint density at radius 2 is 2.12 bits per heavy atom. The minimum atomic E-state index is -0.302. The van der Waals surface area contributed by atoms with E-state index in [1.807, 2.05) is 0 Å². The lowest BCUT2D eigenvalue weighted by molar-refractivity contribution is 0.496. The maximum Gasteiger partial charge on any atom is 0.194 e. The van der Waals surface area contributed by atoms with Gasteiger partial charge in [0.1, 0.15) is 5.82 Å². The summed E-state index contributed by atoms with van der Waals surface area (Å²) in [5.41, 5.74) is 5.83. The van der Waals surface area contributed by atoms with Crippen molar-refractivity contribution in [1.29, 1.82) is 0 Å². The first-order valence-corrected chi connectivity index (χ1v) is 5.21. The second-order valence-corrected chi connectivity index (χ2v) is 3.49. The lowest BCUT2D eigenvalue weighted by atomic mass is 10.2. The molecule has 0 bridgehead atoms. The molecule has 0 aliphatic carbocycles. The Bertz CT molecular complexity index is 468. The average Bonchev–Trinajstić information content (AvgIpc) is 2.75. The fraction of sp³-hybridized carbons (Fsp3) is 0.250. The highest BCUT2D eigenvalue weighted by Gasteiger charge is 2.09. The number of halogens is 1. The molecule has 84 valence electrons. The van der Waals surface area contributed by atoms with Crippen molar-refractivity contribution in [3.8, 4) is 11.3 Å². The summed E-state index contributed by atoms with van der Waals surface area (Å²) in [6.45, 7) is 0.595. The molecule has 0 unspecified atom stereocenters. The number of rotatable bonds is 4. The molecule has 16 heavy (non-hydrogen) atoms. The van der Waals surface area contributed by atoms with Crippen molar-refractivity contribution in [2.75, 3.05) is 6.54 Å². The van der Waals surface area contributed by atoms with Crippen LogP contribution in [0.3, 0.4) is 0 Å². The second-order valence-electron chi connectivity index (χ2n) is 3.49. The molecule has 0 fully saturated rings. The van der Waals surface area contributed by atoms with Crippen LogP contribution < -0.4 is 5.73 Å². The quantitative estimate of drug-likeness (QED) is 0.860. The van der Waals surface area contributed by atoms with Gasteiger partial charge in [-0.1, -0.05) is 12.1 Å². The summed E-state index contributed by atoms with van der Waals surface area (Å²) in [6.07, 6.45) is 3.05. The fourth-order valence-corrected chi connectivity index (χ4v) is 1.46. The molecule has 0 saturated heterocycles. The van der Waals surface area contributed by atoms with Crippen molar-refractivity contribution in [2.24, 2.45) is 5.73 Å². The maximum atomic E-state index is 13.4. The molecule has 1 aromatic carbocycles. The van der Waals surface area contributed by atoms with Crippen molar-refractivity contribution in [2.45, 2.75) is 12.8 Å². The molecule has 1 aromatic heterocycles. The number of hydrogen-bond donors (Lipinski definition) is 1. The van der Waals surface area contributed by atoms with E-state index in [2.05, 4.69) is 4.98 Å². The first-order valence-electron chi connectivity index (χ1n) is 5.21. The van der Waals surface area contributed by atoms with Gasteiger partial charge in [-0.3, -0.25) is 0 Å². The van der Waals surface area contributed by atoms with E-state index in [1.54, 1.807) is 24.4 Å². The van der Waals surface area contributed by atoms with Gasteiger partial charge in [0.25, 0.3) is 0 Å². The number of oxazole rings is 1. The lowest BCUT2D eigenvalue weighted by Gasteiger charge is -1.97. The van der Waals surface area contributed by atoms with Crippen LogP contribution in [0.5, 0.6) is 0 Å². The van der Waals surface area contributed by atoms with E-state index < -0.39 is 0 Å². The van der Waals surface area contributed by atoms with E-state index in [0.717, 1.165) is 6.42 Å². The molecule has 2 rings (SSSR count). The van der Waals surface area contributed by atoms with Gasteiger partial charge < -0.3 is 10.2 Å². The van der Waals surface area contributed by atoms with Gasteiger partial charge in [-0.05, 0) is 25.1 Å². The highest BCUT2D eigenvalue weighted by Crippen LogP contribution is 2.23. The summed E-state index contributed by atoms with van der Waals surface area (Å²) in [6, 6.07) is 6.48. The zero-order valence-corrected chi connectivity index (χ0v) is 8.82. The molecule has 0 radical (unpaired) electrons. The van der Waals surface area contributed by atoms with Crippen molar-refractivity contribution in [3.05, 3.63) is 42.2 Å². The van der Waals surface area contributed by atoms with E-state index in [-0.39, 0.29) is 5.82 Å². The Morgan fingerprint density at radius 3 is 2.88 bits per heavy atom. The molecular formula is C12H13FN2O. The SMILES string of the molecule is NCCCc1ncc(-c2ccccc2F)o1. The lowest BCUT2D eigenvalue weighted by Crippen LogP contribution is -2.00. The van der Waals surface area contributed by atoms with Crippen LogP contribution >= 0.6 is 0 Å². The smallest absolute Gasteiger partial charge is 0.194 e. The van der Waals surface area contributed by atoms with Crippen molar-refractivity contribution >= 4 is 0 Å². The number of aromatic nitrogens is 1. The summed E-state index contributed by atoms with van der Waals surface area (Å²) >= 11 is 0.